The van der Waals surface area contributed by atoms with Crippen LogP contribution < -0.4 is 14.8 Å². The van der Waals surface area contributed by atoms with Gasteiger partial charge < -0.3 is 19.5 Å². The Morgan fingerprint density at radius 1 is 1.22 bits per heavy atom. The first-order valence-corrected chi connectivity index (χ1v) is 9.41. The summed E-state index contributed by atoms with van der Waals surface area (Å²) < 4.78 is 17.2. The molecule has 3 rings (SSSR count). The molecule has 5 nitrogen and oxygen atoms in total. The van der Waals surface area contributed by atoms with Crippen molar-refractivity contribution in [2.75, 3.05) is 18.5 Å². The Morgan fingerprint density at radius 3 is 2.70 bits per heavy atom. The minimum absolute atomic E-state index is 0.148. The van der Waals surface area contributed by atoms with Gasteiger partial charge in [0, 0.05) is 23.4 Å². The molecule has 6 heteroatoms. The van der Waals surface area contributed by atoms with E-state index in [0.29, 0.717) is 28.8 Å². The van der Waals surface area contributed by atoms with Crippen molar-refractivity contribution in [3.8, 4) is 11.5 Å². The molecular weight excluding hydrogens is 366 g/mol. The topological polar surface area (TPSA) is 56.8 Å². The number of ether oxygens (including phenoxy) is 3. The number of hydrogen-bond donors (Lipinski definition) is 1. The summed E-state index contributed by atoms with van der Waals surface area (Å²) >= 11 is 5.88. The van der Waals surface area contributed by atoms with Gasteiger partial charge in [0.25, 0.3) is 5.91 Å². The number of amides is 1. The van der Waals surface area contributed by atoms with Gasteiger partial charge in [0.15, 0.2) is 5.60 Å². The number of nitrogens with one attached hydrogen (secondary N) is 1. The number of carbonyl (C=O) groups excluding carboxylic acids is 1. The molecule has 0 unspecified atom stereocenters. The number of benzene rings is 2. The van der Waals surface area contributed by atoms with E-state index in [4.69, 9.17) is 25.8 Å². The van der Waals surface area contributed by atoms with Gasteiger partial charge in [-0.1, -0.05) is 17.7 Å². The fraction of sp³-hybridized carbons (Fsp3) is 0.381. The molecule has 0 saturated carbocycles. The maximum atomic E-state index is 12.7. The first-order valence-electron chi connectivity index (χ1n) is 9.03. The van der Waals surface area contributed by atoms with Crippen molar-refractivity contribution in [2.24, 2.45) is 0 Å². The fourth-order valence-electron chi connectivity index (χ4n) is 2.75. The first-order chi connectivity index (χ1) is 12.9. The zero-order valence-corrected chi connectivity index (χ0v) is 16.3. The molecule has 0 aromatic heterocycles. The second-order valence-electron chi connectivity index (χ2n) is 6.99. The average molecular weight is 390 g/mol. The van der Waals surface area contributed by atoms with Crippen LogP contribution in [-0.2, 0) is 9.53 Å². The van der Waals surface area contributed by atoms with E-state index in [2.05, 4.69) is 5.32 Å². The molecule has 1 aliphatic heterocycles. The third-order valence-electron chi connectivity index (χ3n) is 4.29. The molecule has 1 amide bonds. The molecule has 2 aromatic rings. The zero-order valence-electron chi connectivity index (χ0n) is 15.5. The zero-order chi connectivity index (χ0) is 19.3. The van der Waals surface area contributed by atoms with E-state index in [1.165, 1.54) is 0 Å². The van der Waals surface area contributed by atoms with Crippen molar-refractivity contribution in [2.45, 2.75) is 38.4 Å². The summed E-state index contributed by atoms with van der Waals surface area (Å²) in [5.41, 5.74) is -0.403. The Hall–Kier alpha value is -2.24. The maximum absolute atomic E-state index is 12.7. The predicted octanol–water partition coefficient (Wildman–Crippen LogP) is 4.69. The van der Waals surface area contributed by atoms with Crippen molar-refractivity contribution in [3.05, 3.63) is 53.6 Å². The highest BCUT2D eigenvalue weighted by Crippen LogP contribution is 2.24. The predicted molar refractivity (Wildman–Crippen MR) is 106 cm³/mol. The summed E-state index contributed by atoms with van der Waals surface area (Å²) in [6, 6.07) is 14.2. The summed E-state index contributed by atoms with van der Waals surface area (Å²) in [6.07, 6.45) is 2.24. The summed E-state index contributed by atoms with van der Waals surface area (Å²) in [5, 5.41) is 3.50. The smallest absolute Gasteiger partial charge is 0.267 e. The molecule has 1 atom stereocenters. The van der Waals surface area contributed by atoms with Crippen molar-refractivity contribution >= 4 is 23.2 Å². The van der Waals surface area contributed by atoms with Gasteiger partial charge in [-0.3, -0.25) is 4.79 Å². The summed E-state index contributed by atoms with van der Waals surface area (Å²) in [7, 11) is 0. The first kappa shape index (κ1) is 19.5. The highest BCUT2D eigenvalue weighted by Gasteiger charge is 2.30. The van der Waals surface area contributed by atoms with Gasteiger partial charge in [-0.25, -0.2) is 0 Å². The second-order valence-corrected chi connectivity index (χ2v) is 7.43. The molecule has 1 heterocycles. The minimum atomic E-state index is -1.05. The number of carbonyl (C=O) groups is 1. The lowest BCUT2D eigenvalue weighted by molar-refractivity contribution is -0.128. The molecule has 0 spiro atoms. The lowest BCUT2D eigenvalue weighted by Gasteiger charge is -2.25. The van der Waals surface area contributed by atoms with Crippen LogP contribution in [0.3, 0.4) is 0 Å². The lowest BCUT2D eigenvalue weighted by atomic mass is 10.1. The van der Waals surface area contributed by atoms with Crippen LogP contribution >= 0.6 is 11.6 Å². The van der Waals surface area contributed by atoms with Crippen LogP contribution in [0.2, 0.25) is 5.02 Å². The summed E-state index contributed by atoms with van der Waals surface area (Å²) in [4.78, 5) is 12.7. The van der Waals surface area contributed by atoms with Gasteiger partial charge >= 0.3 is 0 Å². The molecule has 2 aromatic carbocycles. The number of hydrogen-bond acceptors (Lipinski definition) is 4. The van der Waals surface area contributed by atoms with Crippen molar-refractivity contribution in [1.82, 2.24) is 0 Å². The molecular formula is C21H24ClNO4. The van der Waals surface area contributed by atoms with Crippen LogP contribution in [0.1, 0.15) is 26.7 Å². The van der Waals surface area contributed by atoms with Crippen molar-refractivity contribution < 1.29 is 19.0 Å². The van der Waals surface area contributed by atoms with Crippen LogP contribution in [0.15, 0.2) is 48.5 Å². The van der Waals surface area contributed by atoms with E-state index in [-0.39, 0.29) is 12.0 Å². The van der Waals surface area contributed by atoms with E-state index in [1.54, 1.807) is 44.2 Å². The second kappa shape index (κ2) is 8.63. The van der Waals surface area contributed by atoms with Crippen LogP contribution in [0.25, 0.3) is 0 Å². The quantitative estimate of drug-likeness (QED) is 0.746. The number of rotatable bonds is 7. The standard InChI is InChI=1S/C21H24ClNO4/c1-21(2,27-17-10-8-15(22)9-11-17)20(24)23-16-5-3-6-18(13-16)26-14-19-7-4-12-25-19/h3,5-6,8-11,13,19H,4,7,12,14H2,1-2H3,(H,23,24)/t19-/m0/s1. The SMILES string of the molecule is CC(C)(Oc1ccc(Cl)cc1)C(=O)Nc1cccc(OC[C@@H]2CCCO2)c1. The Morgan fingerprint density at radius 2 is 2.00 bits per heavy atom. The van der Waals surface area contributed by atoms with Gasteiger partial charge in [-0.05, 0) is 63.1 Å². The van der Waals surface area contributed by atoms with E-state index < -0.39 is 5.60 Å². The lowest BCUT2D eigenvalue weighted by Crippen LogP contribution is -2.42. The monoisotopic (exact) mass is 389 g/mol. The Bertz CT molecular complexity index is 770. The van der Waals surface area contributed by atoms with Gasteiger partial charge in [-0.2, -0.15) is 0 Å². The van der Waals surface area contributed by atoms with Crippen LogP contribution in [-0.4, -0.2) is 30.8 Å². The molecule has 27 heavy (non-hydrogen) atoms. The molecule has 144 valence electrons. The molecule has 0 aliphatic carbocycles. The summed E-state index contributed by atoms with van der Waals surface area (Å²) in [6.45, 7) is 4.75. The van der Waals surface area contributed by atoms with Gasteiger partial charge in [-0.15, -0.1) is 0 Å². The number of anilines is 1. The van der Waals surface area contributed by atoms with Crippen molar-refractivity contribution in [1.29, 1.82) is 0 Å². The van der Waals surface area contributed by atoms with E-state index in [1.807, 2.05) is 18.2 Å². The molecule has 1 N–H and O–H groups in total. The highest BCUT2D eigenvalue weighted by atomic mass is 35.5. The minimum Gasteiger partial charge on any atom is -0.491 e. The van der Waals surface area contributed by atoms with Gasteiger partial charge in [0.1, 0.15) is 18.1 Å². The molecule has 0 radical (unpaired) electrons. The Labute approximate surface area is 164 Å². The largest absolute Gasteiger partial charge is 0.491 e. The average Bonchev–Trinajstić information content (AvgIpc) is 3.16. The third kappa shape index (κ3) is 5.62. The molecule has 0 bridgehead atoms. The van der Waals surface area contributed by atoms with Crippen LogP contribution in [0.4, 0.5) is 5.69 Å². The molecule has 1 aliphatic rings. The van der Waals surface area contributed by atoms with E-state index >= 15 is 0 Å². The summed E-state index contributed by atoms with van der Waals surface area (Å²) in [5.74, 6) is 1.02. The van der Waals surface area contributed by atoms with Crippen LogP contribution in [0, 0.1) is 0 Å². The number of halogens is 1. The fourth-order valence-corrected chi connectivity index (χ4v) is 2.88. The normalized spacial score (nSPS) is 16.8. The molecule has 1 saturated heterocycles. The Kier molecular flexibility index (Phi) is 6.24. The highest BCUT2D eigenvalue weighted by molar-refractivity contribution is 6.30. The third-order valence-corrected chi connectivity index (χ3v) is 4.54. The van der Waals surface area contributed by atoms with Gasteiger partial charge in [0.05, 0.1) is 6.10 Å². The molecule has 1 fully saturated rings. The van der Waals surface area contributed by atoms with Crippen LogP contribution in [0.5, 0.6) is 11.5 Å². The Balaban J connectivity index is 1.58. The maximum Gasteiger partial charge on any atom is 0.267 e. The van der Waals surface area contributed by atoms with E-state index in [9.17, 15) is 4.79 Å². The van der Waals surface area contributed by atoms with Crippen molar-refractivity contribution in [3.63, 3.8) is 0 Å². The van der Waals surface area contributed by atoms with Gasteiger partial charge in [0.2, 0.25) is 0 Å². The van der Waals surface area contributed by atoms with E-state index in [0.717, 1.165) is 19.4 Å².